The summed E-state index contributed by atoms with van der Waals surface area (Å²) in [6.45, 7) is 0. The van der Waals surface area contributed by atoms with Crippen molar-refractivity contribution in [2.45, 2.75) is 4.90 Å². The first-order valence-corrected chi connectivity index (χ1v) is 11.5. The van der Waals surface area contributed by atoms with E-state index < -0.39 is 10.0 Å². The number of pyridine rings is 1. The van der Waals surface area contributed by atoms with E-state index in [2.05, 4.69) is 4.72 Å². The summed E-state index contributed by atoms with van der Waals surface area (Å²) in [5.41, 5.74) is 3.41. The minimum absolute atomic E-state index is 0.100. The van der Waals surface area contributed by atoms with Crippen LogP contribution in [-0.2, 0) is 10.0 Å². The summed E-state index contributed by atoms with van der Waals surface area (Å²) in [5.74, 6) is 0.580. The van der Waals surface area contributed by atoms with Crippen LogP contribution in [0.15, 0.2) is 120 Å². The second-order valence-electron chi connectivity index (χ2n) is 6.96. The second kappa shape index (κ2) is 9.49. The van der Waals surface area contributed by atoms with Crippen LogP contribution in [-0.4, -0.2) is 15.5 Å². The van der Waals surface area contributed by atoms with Crippen molar-refractivity contribution in [2.75, 3.05) is 7.11 Å². The molecule has 0 N–H and O–H groups in total. The smallest absolute Gasteiger partial charge is 0.218 e. The lowest BCUT2D eigenvalue weighted by atomic mass is 10.1. The summed E-state index contributed by atoms with van der Waals surface area (Å²) in [7, 11) is -2.36. The summed E-state index contributed by atoms with van der Waals surface area (Å²) >= 11 is 0. The molecule has 0 saturated heterocycles. The van der Waals surface area contributed by atoms with E-state index in [4.69, 9.17) is 4.74 Å². The highest BCUT2D eigenvalue weighted by Crippen LogP contribution is 2.24. The number of aromatic nitrogens is 1. The molecule has 0 atom stereocenters. The van der Waals surface area contributed by atoms with Gasteiger partial charge < -0.3 is 9.46 Å². The van der Waals surface area contributed by atoms with Gasteiger partial charge >= 0.3 is 0 Å². The van der Waals surface area contributed by atoms with E-state index in [1.54, 1.807) is 12.1 Å². The molecule has 0 fully saturated rings. The number of rotatable bonds is 7. The first kappa shape index (κ1) is 21.3. The zero-order valence-corrected chi connectivity index (χ0v) is 18.3. The summed E-state index contributed by atoms with van der Waals surface area (Å²) in [4.78, 5) is 0.100. The van der Waals surface area contributed by atoms with Crippen molar-refractivity contribution in [1.29, 1.82) is 0 Å². The molecule has 0 amide bonds. The van der Waals surface area contributed by atoms with E-state index in [9.17, 15) is 8.42 Å². The van der Waals surface area contributed by atoms with Gasteiger partial charge in [0.25, 0.3) is 0 Å². The Morgan fingerprint density at radius 2 is 1.44 bits per heavy atom. The normalized spacial score (nSPS) is 11.7. The molecule has 6 heteroatoms. The zero-order valence-electron chi connectivity index (χ0n) is 17.5. The molecule has 0 unspecified atom stereocenters. The fourth-order valence-electron chi connectivity index (χ4n) is 3.31. The van der Waals surface area contributed by atoms with E-state index in [0.717, 1.165) is 16.8 Å². The lowest BCUT2D eigenvalue weighted by Gasteiger charge is -2.18. The highest BCUT2D eigenvalue weighted by atomic mass is 32.2. The number of hydrogen-bond acceptors (Lipinski definition) is 3. The van der Waals surface area contributed by atoms with Crippen LogP contribution in [0, 0.1) is 0 Å². The Morgan fingerprint density at radius 3 is 2.09 bits per heavy atom. The van der Waals surface area contributed by atoms with Crippen molar-refractivity contribution in [2.24, 2.45) is 0 Å². The molecular weight excluding hydrogens is 420 g/mol. The van der Waals surface area contributed by atoms with Crippen LogP contribution in [0.5, 0.6) is 5.75 Å². The Labute approximate surface area is 188 Å². The van der Waals surface area contributed by atoms with Crippen LogP contribution in [0.25, 0.3) is 21.7 Å². The maximum atomic E-state index is 12.9. The molecule has 4 rings (SSSR count). The number of nitrogens with zero attached hydrogens (tertiary/aromatic N) is 2. The molecule has 0 radical (unpaired) electrons. The summed E-state index contributed by atoms with van der Waals surface area (Å²) in [6.07, 6.45) is 3.30. The van der Waals surface area contributed by atoms with Gasteiger partial charge in [-0.25, -0.2) is 8.42 Å². The monoisotopic (exact) mass is 442 g/mol. The fourth-order valence-corrected chi connectivity index (χ4v) is 4.15. The van der Waals surface area contributed by atoms with Crippen molar-refractivity contribution in [3.63, 3.8) is 0 Å². The molecule has 1 heterocycles. The van der Waals surface area contributed by atoms with Crippen molar-refractivity contribution in [3.8, 4) is 17.0 Å². The predicted octanol–water partition coefficient (Wildman–Crippen LogP) is 5.26. The highest BCUT2D eigenvalue weighted by molar-refractivity contribution is 7.94. The van der Waals surface area contributed by atoms with Gasteiger partial charge in [-0.15, -0.1) is 0 Å². The fraction of sp³-hybridized carbons (Fsp3) is 0.0385. The van der Waals surface area contributed by atoms with Gasteiger partial charge in [-0.05, 0) is 54.6 Å². The van der Waals surface area contributed by atoms with Gasteiger partial charge in [0, 0.05) is 23.3 Å². The van der Waals surface area contributed by atoms with Crippen LogP contribution in [0.4, 0.5) is 0 Å². The molecule has 0 aliphatic heterocycles. The SMILES string of the molecule is COc1ccc(S(=O)(=O)[N-]/C=C(/c2ccccc2)[n+]2ccccc2-c2ccccc2)cc1. The third-order valence-corrected chi connectivity index (χ3v) is 6.18. The van der Waals surface area contributed by atoms with Crippen LogP contribution in [0.2, 0.25) is 0 Å². The molecule has 4 aromatic rings. The average Bonchev–Trinajstić information content (AvgIpc) is 2.85. The third-order valence-electron chi connectivity index (χ3n) is 4.93. The molecule has 3 aromatic carbocycles. The molecule has 32 heavy (non-hydrogen) atoms. The molecule has 0 spiro atoms. The molecule has 5 nitrogen and oxygen atoms in total. The van der Waals surface area contributed by atoms with E-state index in [-0.39, 0.29) is 4.90 Å². The predicted molar refractivity (Wildman–Crippen MR) is 125 cm³/mol. The quantitative estimate of drug-likeness (QED) is 0.367. The third kappa shape index (κ3) is 4.71. The Hall–Kier alpha value is -3.90. The largest absolute Gasteiger partial charge is 0.574 e. The first-order valence-electron chi connectivity index (χ1n) is 10.0. The summed E-state index contributed by atoms with van der Waals surface area (Å²) < 4.78 is 36.9. The molecule has 0 aliphatic carbocycles. The molecular formula is C26H22N2O3S. The Morgan fingerprint density at radius 1 is 0.812 bits per heavy atom. The Bertz CT molecular complexity index is 1320. The van der Waals surface area contributed by atoms with Crippen LogP contribution in [0.1, 0.15) is 5.56 Å². The molecule has 0 aliphatic rings. The molecule has 160 valence electrons. The van der Waals surface area contributed by atoms with Gasteiger partial charge in [0.1, 0.15) is 15.8 Å². The van der Waals surface area contributed by atoms with Gasteiger partial charge in [0.2, 0.25) is 5.69 Å². The lowest BCUT2D eigenvalue weighted by Crippen LogP contribution is -2.35. The van der Waals surface area contributed by atoms with Gasteiger partial charge in [0.15, 0.2) is 11.9 Å². The van der Waals surface area contributed by atoms with Crippen LogP contribution >= 0.6 is 0 Å². The Balaban J connectivity index is 1.79. The maximum Gasteiger partial charge on any atom is 0.218 e. The van der Waals surface area contributed by atoms with Gasteiger partial charge in [-0.1, -0.05) is 42.6 Å². The van der Waals surface area contributed by atoms with Crippen molar-refractivity contribution in [3.05, 3.63) is 126 Å². The standard InChI is InChI=1S/C26H22N2O3S/c1-31-23-15-17-24(18-16-23)32(29,30)27-20-26(22-12-6-3-7-13-22)28-19-9-8-14-25(28)21-10-4-2-5-11-21/h2-20H,1H3/b26-20-. The van der Waals surface area contributed by atoms with E-state index in [1.807, 2.05) is 89.6 Å². The van der Waals surface area contributed by atoms with Crippen LogP contribution < -0.4 is 9.30 Å². The number of methoxy groups -OCH3 is 1. The summed E-state index contributed by atoms with van der Waals surface area (Å²) in [5, 5.41) is 0. The zero-order chi connectivity index (χ0) is 22.4. The second-order valence-corrected chi connectivity index (χ2v) is 8.59. The van der Waals surface area contributed by atoms with Crippen molar-refractivity contribution >= 4 is 15.7 Å². The number of sulfonamides is 1. The molecule has 0 saturated carbocycles. The number of benzene rings is 3. The Kier molecular flexibility index (Phi) is 6.33. The number of hydrogen-bond donors (Lipinski definition) is 0. The van der Waals surface area contributed by atoms with E-state index in [1.165, 1.54) is 25.4 Å². The van der Waals surface area contributed by atoms with Crippen molar-refractivity contribution in [1.82, 2.24) is 0 Å². The summed E-state index contributed by atoms with van der Waals surface area (Å²) in [6, 6.07) is 31.5. The highest BCUT2D eigenvalue weighted by Gasteiger charge is 2.18. The molecule has 0 bridgehead atoms. The maximum absolute atomic E-state index is 12.9. The van der Waals surface area contributed by atoms with E-state index >= 15 is 0 Å². The van der Waals surface area contributed by atoms with Crippen LogP contribution in [0.3, 0.4) is 0 Å². The minimum atomic E-state index is -3.89. The van der Waals surface area contributed by atoms with Gasteiger partial charge in [0.05, 0.1) is 12.0 Å². The molecule has 1 aromatic heterocycles. The minimum Gasteiger partial charge on any atom is -0.574 e. The number of ether oxygens (including phenoxy) is 1. The van der Waals surface area contributed by atoms with Gasteiger partial charge in [-0.3, -0.25) is 0 Å². The first-order chi connectivity index (χ1) is 15.6. The van der Waals surface area contributed by atoms with Gasteiger partial charge in [-0.2, -0.15) is 4.57 Å². The lowest BCUT2D eigenvalue weighted by molar-refractivity contribution is -0.567. The average molecular weight is 443 g/mol. The van der Waals surface area contributed by atoms with E-state index in [0.29, 0.717) is 11.4 Å². The topological polar surface area (TPSA) is 61.4 Å². The van der Waals surface area contributed by atoms with Crippen molar-refractivity contribution < 1.29 is 17.7 Å².